The van der Waals surface area contributed by atoms with Crippen LogP contribution < -0.4 is 15.4 Å². The van der Waals surface area contributed by atoms with E-state index in [-0.39, 0.29) is 36.0 Å². The second-order valence-corrected chi connectivity index (χ2v) is 7.47. The molecule has 1 aliphatic heterocycles. The summed E-state index contributed by atoms with van der Waals surface area (Å²) in [5.74, 6) is 1.60. The molecule has 6 nitrogen and oxygen atoms in total. The van der Waals surface area contributed by atoms with Gasteiger partial charge in [0.15, 0.2) is 5.96 Å². The molecule has 164 valence electrons. The molecule has 1 heterocycles. The van der Waals surface area contributed by atoms with Crippen LogP contribution in [0.3, 0.4) is 0 Å². The van der Waals surface area contributed by atoms with Gasteiger partial charge in [-0.15, -0.1) is 24.0 Å². The second kappa shape index (κ2) is 12.8. The second-order valence-electron chi connectivity index (χ2n) is 7.47. The summed E-state index contributed by atoms with van der Waals surface area (Å²) in [5, 5.41) is 16.1. The van der Waals surface area contributed by atoms with Gasteiger partial charge in [-0.3, -0.25) is 4.99 Å². The van der Waals surface area contributed by atoms with Gasteiger partial charge in [0.1, 0.15) is 12.4 Å². The van der Waals surface area contributed by atoms with Gasteiger partial charge in [-0.2, -0.15) is 0 Å². The fourth-order valence-electron chi connectivity index (χ4n) is 3.43. The van der Waals surface area contributed by atoms with Crippen molar-refractivity contribution in [3.63, 3.8) is 0 Å². The number of aliphatic hydroxyl groups is 1. The number of nitrogens with one attached hydrogen (secondary N) is 2. The minimum atomic E-state index is -0.00981. The third kappa shape index (κ3) is 7.45. The Labute approximate surface area is 196 Å². The largest absolute Gasteiger partial charge is 0.489 e. The van der Waals surface area contributed by atoms with E-state index >= 15 is 0 Å². The maximum atomic E-state index is 9.35. The van der Waals surface area contributed by atoms with Gasteiger partial charge in [0, 0.05) is 38.8 Å². The zero-order valence-electron chi connectivity index (χ0n) is 17.5. The quantitative estimate of drug-likeness (QED) is 0.266. The summed E-state index contributed by atoms with van der Waals surface area (Å²) in [7, 11) is 1.76. The molecular formula is C23H32IN3O3. The Kier molecular flexibility index (Phi) is 10.4. The Morgan fingerprint density at radius 1 is 1.10 bits per heavy atom. The first-order valence-electron chi connectivity index (χ1n) is 10.1. The number of nitrogens with zero attached hydrogens (tertiary/aromatic N) is 1. The van der Waals surface area contributed by atoms with Crippen LogP contribution in [0.15, 0.2) is 59.6 Å². The summed E-state index contributed by atoms with van der Waals surface area (Å²) in [6.07, 6.45) is 1.70. The highest BCUT2D eigenvalue weighted by Crippen LogP contribution is 2.31. The molecule has 1 fully saturated rings. The van der Waals surface area contributed by atoms with Crippen LogP contribution in [0.25, 0.3) is 0 Å². The minimum Gasteiger partial charge on any atom is -0.489 e. The SMILES string of the molecule is CN=C(NCc1ccc(OCc2ccccc2)cc1)NCC1(CCO)CCOC1.I. The van der Waals surface area contributed by atoms with Gasteiger partial charge in [0.2, 0.25) is 0 Å². The van der Waals surface area contributed by atoms with E-state index in [1.54, 1.807) is 7.05 Å². The molecule has 3 N–H and O–H groups in total. The number of rotatable bonds is 9. The van der Waals surface area contributed by atoms with Crippen molar-refractivity contribution in [1.82, 2.24) is 10.6 Å². The van der Waals surface area contributed by atoms with Gasteiger partial charge < -0.3 is 25.2 Å². The van der Waals surface area contributed by atoms with E-state index in [0.29, 0.717) is 19.8 Å². The first kappa shape index (κ1) is 24.4. The number of benzene rings is 2. The van der Waals surface area contributed by atoms with Gasteiger partial charge >= 0.3 is 0 Å². The lowest BCUT2D eigenvalue weighted by molar-refractivity contribution is 0.127. The molecule has 1 aliphatic rings. The first-order valence-corrected chi connectivity index (χ1v) is 10.1. The number of hydrogen-bond donors (Lipinski definition) is 3. The molecule has 0 aliphatic carbocycles. The average molecular weight is 525 g/mol. The Balaban J connectivity index is 0.00000320. The van der Waals surface area contributed by atoms with E-state index in [2.05, 4.69) is 39.9 Å². The van der Waals surface area contributed by atoms with Gasteiger partial charge in [-0.25, -0.2) is 0 Å². The van der Waals surface area contributed by atoms with Crippen molar-refractivity contribution in [3.8, 4) is 5.75 Å². The molecule has 0 bridgehead atoms. The topological polar surface area (TPSA) is 75.1 Å². The van der Waals surface area contributed by atoms with Crippen LogP contribution in [0.2, 0.25) is 0 Å². The molecule has 0 aromatic heterocycles. The Morgan fingerprint density at radius 3 is 2.50 bits per heavy atom. The molecule has 0 saturated carbocycles. The summed E-state index contributed by atoms with van der Waals surface area (Å²) >= 11 is 0. The summed E-state index contributed by atoms with van der Waals surface area (Å²) in [6.45, 7) is 3.58. The number of halogens is 1. The lowest BCUT2D eigenvalue weighted by atomic mass is 9.84. The molecule has 3 rings (SSSR count). The number of aliphatic imine (C=N–C) groups is 1. The zero-order valence-corrected chi connectivity index (χ0v) is 19.8. The van der Waals surface area contributed by atoms with Gasteiger partial charge in [-0.1, -0.05) is 42.5 Å². The molecule has 7 heteroatoms. The lowest BCUT2D eigenvalue weighted by Crippen LogP contribution is -2.44. The molecule has 0 spiro atoms. The van der Waals surface area contributed by atoms with E-state index in [1.807, 2.05) is 30.3 Å². The van der Waals surface area contributed by atoms with Crippen LogP contribution >= 0.6 is 24.0 Å². The highest BCUT2D eigenvalue weighted by Gasteiger charge is 2.34. The maximum Gasteiger partial charge on any atom is 0.191 e. The standard InChI is InChI=1S/C23H31N3O3.HI/c1-24-22(26-17-23(11-13-27)12-14-28-18-23)25-15-19-7-9-21(10-8-19)29-16-20-5-3-2-4-6-20;/h2-10,27H,11-18H2,1H3,(H2,24,25,26);1H. The van der Waals surface area contributed by atoms with Crippen molar-refractivity contribution in [2.45, 2.75) is 26.0 Å². The first-order chi connectivity index (χ1) is 14.2. The Hall–Kier alpha value is -1.84. The summed E-state index contributed by atoms with van der Waals surface area (Å²) in [6, 6.07) is 18.2. The average Bonchev–Trinajstić information content (AvgIpc) is 3.23. The minimum absolute atomic E-state index is 0. The van der Waals surface area contributed by atoms with E-state index in [1.165, 1.54) is 0 Å². The van der Waals surface area contributed by atoms with Gasteiger partial charge in [-0.05, 0) is 36.1 Å². The van der Waals surface area contributed by atoms with Crippen LogP contribution in [-0.2, 0) is 17.9 Å². The smallest absolute Gasteiger partial charge is 0.191 e. The molecule has 0 radical (unpaired) electrons. The molecule has 30 heavy (non-hydrogen) atoms. The number of hydrogen-bond acceptors (Lipinski definition) is 4. The van der Waals surface area contributed by atoms with Crippen LogP contribution in [0.5, 0.6) is 5.75 Å². The Morgan fingerprint density at radius 2 is 1.87 bits per heavy atom. The van der Waals surface area contributed by atoms with Crippen molar-refractivity contribution < 1.29 is 14.6 Å². The molecule has 0 amide bonds. The van der Waals surface area contributed by atoms with E-state index in [4.69, 9.17) is 9.47 Å². The van der Waals surface area contributed by atoms with Gasteiger partial charge in [0.05, 0.1) is 6.61 Å². The highest BCUT2D eigenvalue weighted by molar-refractivity contribution is 14.0. The fraction of sp³-hybridized carbons (Fsp3) is 0.435. The van der Waals surface area contributed by atoms with Crippen molar-refractivity contribution in [2.75, 3.05) is 33.4 Å². The van der Waals surface area contributed by atoms with Crippen molar-refractivity contribution >= 4 is 29.9 Å². The lowest BCUT2D eigenvalue weighted by Gasteiger charge is -2.27. The van der Waals surface area contributed by atoms with E-state index in [0.717, 1.165) is 48.8 Å². The fourth-order valence-corrected chi connectivity index (χ4v) is 3.43. The Bertz CT molecular complexity index is 763. The third-order valence-corrected chi connectivity index (χ3v) is 5.31. The third-order valence-electron chi connectivity index (χ3n) is 5.31. The molecular weight excluding hydrogens is 493 g/mol. The predicted molar refractivity (Wildman–Crippen MR) is 130 cm³/mol. The summed E-state index contributed by atoms with van der Waals surface area (Å²) < 4.78 is 11.4. The molecule has 1 unspecified atom stereocenters. The summed E-state index contributed by atoms with van der Waals surface area (Å²) in [4.78, 5) is 4.30. The van der Waals surface area contributed by atoms with Crippen LogP contribution in [0.1, 0.15) is 24.0 Å². The van der Waals surface area contributed by atoms with Crippen LogP contribution in [0, 0.1) is 5.41 Å². The van der Waals surface area contributed by atoms with Crippen molar-refractivity contribution in [1.29, 1.82) is 0 Å². The predicted octanol–water partition coefficient (Wildman–Crippen LogP) is 3.34. The van der Waals surface area contributed by atoms with Crippen molar-refractivity contribution in [2.24, 2.45) is 10.4 Å². The van der Waals surface area contributed by atoms with Gasteiger partial charge in [0.25, 0.3) is 0 Å². The van der Waals surface area contributed by atoms with Crippen molar-refractivity contribution in [3.05, 3.63) is 65.7 Å². The van der Waals surface area contributed by atoms with E-state index in [9.17, 15) is 5.11 Å². The van der Waals surface area contributed by atoms with Crippen LogP contribution in [-0.4, -0.2) is 44.5 Å². The zero-order chi connectivity index (χ0) is 20.4. The molecule has 1 saturated heterocycles. The normalized spacial score (nSPS) is 18.5. The van der Waals surface area contributed by atoms with E-state index < -0.39 is 0 Å². The maximum absolute atomic E-state index is 9.35. The molecule has 2 aromatic carbocycles. The molecule has 2 aromatic rings. The highest BCUT2D eigenvalue weighted by atomic mass is 127. The number of ether oxygens (including phenoxy) is 2. The van der Waals surface area contributed by atoms with Crippen LogP contribution in [0.4, 0.5) is 0 Å². The summed E-state index contributed by atoms with van der Waals surface area (Å²) in [5.41, 5.74) is 2.29. The number of guanidine groups is 1. The number of aliphatic hydroxyl groups excluding tert-OH is 1. The molecule has 1 atom stereocenters. The monoisotopic (exact) mass is 525 g/mol.